The lowest BCUT2D eigenvalue weighted by Gasteiger charge is -2.33. The van der Waals surface area contributed by atoms with Crippen LogP contribution in [-0.4, -0.2) is 234 Å². The normalized spacial score (nSPS) is 23.8. The number of hydrogen-bond donors (Lipinski definition) is 20. The van der Waals surface area contributed by atoms with Gasteiger partial charge >= 0.3 is 23.9 Å². The molecule has 125 heavy (non-hydrogen) atoms. The zero-order chi connectivity index (χ0) is 91.9. The van der Waals surface area contributed by atoms with E-state index in [1.807, 2.05) is 0 Å². The van der Waals surface area contributed by atoms with Gasteiger partial charge in [0.25, 0.3) is 0 Å². The molecule has 0 saturated heterocycles. The molecule has 0 unspecified atom stereocenters. The van der Waals surface area contributed by atoms with E-state index in [0.29, 0.717) is 38.6 Å². The maximum Gasteiger partial charge on any atom is 0.305 e. The molecule has 42 heteroatoms. The van der Waals surface area contributed by atoms with E-state index in [0.717, 1.165) is 23.5 Å². The zero-order valence-electron chi connectivity index (χ0n) is 68.9. The number of carbonyl (C=O) groups excluding carboxylic acids is 15. The van der Waals surface area contributed by atoms with Crippen molar-refractivity contribution in [3.05, 3.63) is 149 Å². The molecule has 13 atom stereocenters. The summed E-state index contributed by atoms with van der Waals surface area (Å²) in [4.78, 5) is 266. The molecule has 2 aliphatic heterocycles. The molecule has 5 aromatic carbocycles. The molecule has 4 bridgehead atoms. The number of benzene rings is 5. The van der Waals surface area contributed by atoms with Gasteiger partial charge in [-0.1, -0.05) is 124 Å². The zero-order valence-corrected chi connectivity index (χ0v) is 71.3. The molecular formula is C83H103N15O24S3. The predicted octanol–water partition coefficient (Wildman–Crippen LogP) is -1.18. The van der Waals surface area contributed by atoms with Gasteiger partial charge < -0.3 is 106 Å². The fraction of sp³-hybridized carbons (Fsp3) is 0.434. The van der Waals surface area contributed by atoms with Gasteiger partial charge in [-0.05, 0) is 88.4 Å². The first kappa shape index (κ1) is 99.2. The standard InChI is InChI=1S/C83H103N15O24S3/c1-42-71(111)90-58(34-63(84)100)78(118)88-53(22-24-65(102)103)73(113)93-57(33-50-16-11-15-49-14-9-10-17-52(49)50)75(115)87-43(2)72(112)97-62-41-125-39-48-29-46(37-123-27-26-64(101)86-42)28-47(30-48)38-124-40-61(70(85)110)96-82(122)69(83(3,4)5)98-80(120)60(36-68(108)109)95-77(117)56(32-45-18-20-51(99)21-19-45)91-76(116)55(31-44-12-7-6-8-13-44)92-79(119)59(35-67(106)107)94-74(114)54(89-81(62)121)23-25-66(104)105/h6-21,28-30,42-43,53-62,69,99H,22-27,31-41H2,1-5H3,(H2,84,100)(H2,85,110)(H,86,101)(H,87,115)(H,88,118)(H,89,121)(H,90,111)(H,91,116)(H,92,119)(H,93,113)(H,94,114)(H,95,117)(H,96,122)(H,97,112)(H,98,120)(H,102,103)(H,104,105)(H,106,107)(H,108,109)/t42-,43-,53+,54+,55+,56+,57+,58+,59+,60+,61+,62-,69-/m1/s1. The Bertz CT molecular complexity index is 4820. The Hall–Kier alpha value is -12.9. The van der Waals surface area contributed by atoms with Gasteiger partial charge in [-0.2, -0.15) is 35.3 Å². The van der Waals surface area contributed by atoms with Gasteiger partial charge in [-0.3, -0.25) is 91.1 Å². The number of phenolic OH excluding ortho intramolecular Hbond substituents is 1. The highest BCUT2D eigenvalue weighted by Gasteiger charge is 2.41. The molecule has 0 radical (unpaired) electrons. The molecule has 2 heterocycles. The minimum Gasteiger partial charge on any atom is -0.508 e. The number of aromatic hydroxyl groups is 1. The fourth-order valence-corrected chi connectivity index (χ4v) is 16.0. The summed E-state index contributed by atoms with van der Waals surface area (Å²) in [7, 11) is 0. The van der Waals surface area contributed by atoms with E-state index < -0.39 is 260 Å². The van der Waals surface area contributed by atoms with Gasteiger partial charge in [0, 0.05) is 73.0 Å². The lowest BCUT2D eigenvalue weighted by Crippen LogP contribution is -2.62. The Labute approximate surface area is 730 Å². The number of carboxylic acid groups (broad SMARTS) is 4. The van der Waals surface area contributed by atoms with E-state index >= 15 is 4.79 Å². The van der Waals surface area contributed by atoms with E-state index in [1.165, 1.54) is 82.8 Å². The number of aliphatic carboxylic acids is 4. The van der Waals surface area contributed by atoms with Crippen LogP contribution in [-0.2, 0) is 128 Å². The van der Waals surface area contributed by atoms with Crippen molar-refractivity contribution in [2.45, 2.75) is 201 Å². The van der Waals surface area contributed by atoms with Crippen molar-refractivity contribution in [1.82, 2.24) is 69.1 Å². The second kappa shape index (κ2) is 47.7. The third kappa shape index (κ3) is 32.7. The number of nitrogens with two attached hydrogens (primary N) is 2. The third-order valence-electron chi connectivity index (χ3n) is 19.7. The maximum atomic E-state index is 15.2. The Morgan fingerprint density at radius 1 is 0.400 bits per heavy atom. The van der Waals surface area contributed by atoms with Crippen LogP contribution in [0.1, 0.15) is 119 Å². The molecule has 0 saturated carbocycles. The van der Waals surface area contributed by atoms with Gasteiger partial charge in [-0.25, -0.2) is 0 Å². The SMILES string of the molecule is C[C@H]1NC(=O)CCSCc2cc3cc(c2)CSC[C@@H](NC(=O)[C@@H](C)NC(=O)[C@H](Cc2cccc4ccccc24)NC(=O)[C@H](CCC(=O)O)NC(=O)[C@H](CC(N)=O)NC1=O)C(=O)N[C@@H](CCC(=O)O)C(=O)N[C@@H](CC(=O)O)C(=O)N[C@@H](Cc1ccccc1)C(=O)N[C@@H](Cc1ccc(O)cc1)C(=O)N[C@@H](CC(=O)O)C(=O)N[C@@H](C(C)(C)C)C(=O)N[C@H](C(N)=O)CSC3. The topological polar surface area (TPSA) is 634 Å². The molecule has 0 aliphatic carbocycles. The minimum absolute atomic E-state index is 0.0254. The summed E-state index contributed by atoms with van der Waals surface area (Å²) in [5, 5.41) is 83.8. The fourth-order valence-electron chi connectivity index (χ4n) is 13.1. The van der Waals surface area contributed by atoms with Crippen LogP contribution in [0.2, 0.25) is 0 Å². The molecule has 0 fully saturated rings. The van der Waals surface area contributed by atoms with Gasteiger partial charge in [0.05, 0.1) is 19.3 Å². The number of carbonyl (C=O) groups is 19. The average Bonchev–Trinajstić information content (AvgIpc) is 0.818. The molecule has 0 spiro atoms. The van der Waals surface area contributed by atoms with Crippen LogP contribution in [0, 0.1) is 5.41 Å². The molecule has 2 aliphatic rings. The van der Waals surface area contributed by atoms with Crippen molar-refractivity contribution in [1.29, 1.82) is 0 Å². The average molecular weight is 1790 g/mol. The van der Waals surface area contributed by atoms with E-state index in [2.05, 4.69) is 69.1 Å². The highest BCUT2D eigenvalue weighted by Crippen LogP contribution is 2.27. The summed E-state index contributed by atoms with van der Waals surface area (Å²) in [5.74, 6) is -24.0. The van der Waals surface area contributed by atoms with Gasteiger partial charge in [0.2, 0.25) is 88.6 Å². The quantitative estimate of drug-likeness (QED) is 0.0463. The van der Waals surface area contributed by atoms with Crippen LogP contribution >= 0.6 is 35.3 Å². The van der Waals surface area contributed by atoms with Crippen LogP contribution < -0.4 is 80.6 Å². The van der Waals surface area contributed by atoms with E-state index in [4.69, 9.17) is 11.5 Å². The largest absolute Gasteiger partial charge is 0.508 e. The number of nitrogens with one attached hydrogen (secondary N) is 13. The number of hydrogen-bond acceptors (Lipinski definition) is 23. The number of fused-ring (bicyclic) bond motifs is 6. The number of primary amides is 2. The van der Waals surface area contributed by atoms with Crippen LogP contribution in [0.25, 0.3) is 10.8 Å². The molecule has 15 amide bonds. The molecular weight excluding hydrogens is 1690 g/mol. The van der Waals surface area contributed by atoms with Gasteiger partial charge in [0.15, 0.2) is 0 Å². The summed E-state index contributed by atoms with van der Waals surface area (Å²) >= 11 is 3.35. The van der Waals surface area contributed by atoms with Crippen LogP contribution in [0.4, 0.5) is 0 Å². The molecule has 7 rings (SSSR count). The Morgan fingerprint density at radius 3 is 1.34 bits per heavy atom. The monoisotopic (exact) mass is 1790 g/mol. The Kier molecular flexibility index (Phi) is 37.9. The van der Waals surface area contributed by atoms with E-state index in [-0.39, 0.29) is 52.9 Å². The summed E-state index contributed by atoms with van der Waals surface area (Å²) in [6, 6.07) is 6.87. The van der Waals surface area contributed by atoms with Crippen molar-refractivity contribution in [3.8, 4) is 5.75 Å². The van der Waals surface area contributed by atoms with Crippen molar-refractivity contribution in [2.24, 2.45) is 16.9 Å². The number of phenols is 1. The second-order valence-electron chi connectivity index (χ2n) is 31.0. The summed E-state index contributed by atoms with van der Waals surface area (Å²) in [6.45, 7) is 7.03. The van der Waals surface area contributed by atoms with Crippen LogP contribution in [0.5, 0.6) is 5.75 Å². The molecule has 22 N–H and O–H groups in total. The first-order chi connectivity index (χ1) is 59.1. The predicted molar refractivity (Wildman–Crippen MR) is 456 cm³/mol. The summed E-state index contributed by atoms with van der Waals surface area (Å²) in [5.41, 5.74) is 12.9. The van der Waals surface area contributed by atoms with Crippen molar-refractivity contribution < 1.29 is 117 Å². The van der Waals surface area contributed by atoms with E-state index in [9.17, 15) is 112 Å². The number of carboxylic acids is 4. The molecule has 0 aromatic heterocycles. The highest BCUT2D eigenvalue weighted by molar-refractivity contribution is 7.99. The second-order valence-corrected chi connectivity index (χ2v) is 34.1. The van der Waals surface area contributed by atoms with Crippen LogP contribution in [0.15, 0.2) is 115 Å². The lowest BCUT2D eigenvalue weighted by atomic mass is 9.85. The van der Waals surface area contributed by atoms with Crippen molar-refractivity contribution in [3.63, 3.8) is 0 Å². The van der Waals surface area contributed by atoms with Crippen molar-refractivity contribution in [2.75, 3.05) is 17.3 Å². The van der Waals surface area contributed by atoms with Gasteiger partial charge in [0.1, 0.15) is 84.3 Å². The highest BCUT2D eigenvalue weighted by atomic mass is 32.2. The third-order valence-corrected chi connectivity index (χ3v) is 22.9. The summed E-state index contributed by atoms with van der Waals surface area (Å²) < 4.78 is 0. The van der Waals surface area contributed by atoms with Crippen LogP contribution in [0.3, 0.4) is 0 Å². The molecule has 672 valence electrons. The van der Waals surface area contributed by atoms with Crippen molar-refractivity contribution >= 4 is 159 Å². The first-order valence-corrected chi connectivity index (χ1v) is 43.1. The Balaban J connectivity index is 1.36. The van der Waals surface area contributed by atoms with E-state index in [1.54, 1.807) is 78.9 Å². The number of rotatable bonds is 19. The Morgan fingerprint density at radius 2 is 0.816 bits per heavy atom. The molecule has 5 aromatic rings. The van der Waals surface area contributed by atoms with Gasteiger partial charge in [-0.15, -0.1) is 0 Å². The first-order valence-electron chi connectivity index (χ1n) is 39.6. The summed E-state index contributed by atoms with van der Waals surface area (Å²) in [6.07, 6.45) is -7.90. The maximum absolute atomic E-state index is 15.2. The number of thioether (sulfide) groups is 3. The molecule has 39 nitrogen and oxygen atoms in total. The minimum atomic E-state index is -2.20. The lowest BCUT2D eigenvalue weighted by molar-refractivity contribution is -0.142. The number of amides is 15. The smallest absolute Gasteiger partial charge is 0.305 e.